The Morgan fingerprint density at radius 2 is 1.74 bits per heavy atom. The number of para-hydroxylation sites is 2. The Kier molecular flexibility index (Phi) is 7.51. The first kappa shape index (κ1) is 22.6. The first-order valence-electron chi connectivity index (χ1n) is 9.83. The largest absolute Gasteiger partial charge is 0.490 e. The molecule has 0 spiro atoms. The summed E-state index contributed by atoms with van der Waals surface area (Å²) in [5.41, 5.74) is 2.11. The topological polar surface area (TPSA) is 67.9 Å². The summed E-state index contributed by atoms with van der Waals surface area (Å²) in [6.07, 6.45) is -4.21. The number of benzene rings is 2. The average Bonchev–Trinajstić information content (AvgIpc) is 2.75. The van der Waals surface area contributed by atoms with Gasteiger partial charge in [0.25, 0.3) is 0 Å². The highest BCUT2D eigenvalue weighted by Gasteiger charge is 2.27. The van der Waals surface area contributed by atoms with Crippen LogP contribution in [0.1, 0.15) is 24.0 Å². The first-order valence-corrected chi connectivity index (χ1v) is 9.83. The number of halogens is 3. The van der Waals surface area contributed by atoms with Crippen molar-refractivity contribution in [3.8, 4) is 5.75 Å². The molecule has 1 aliphatic heterocycles. The number of carbonyl (C=O) groups excluding carboxylic acids is 2. The summed E-state index contributed by atoms with van der Waals surface area (Å²) in [6.45, 7) is -0.321. The van der Waals surface area contributed by atoms with E-state index in [1.165, 1.54) is 0 Å². The van der Waals surface area contributed by atoms with Crippen LogP contribution in [0.15, 0.2) is 48.5 Å². The van der Waals surface area contributed by atoms with E-state index < -0.39 is 12.8 Å². The first-order chi connectivity index (χ1) is 14.8. The molecule has 1 aliphatic rings. The van der Waals surface area contributed by atoms with E-state index in [-0.39, 0.29) is 37.8 Å². The number of nitrogens with zero attached hydrogens (tertiary/aromatic N) is 1. The lowest BCUT2D eigenvalue weighted by Crippen LogP contribution is -2.38. The third kappa shape index (κ3) is 6.99. The third-order valence-electron chi connectivity index (χ3n) is 4.64. The maximum absolute atomic E-state index is 12.5. The van der Waals surface area contributed by atoms with Gasteiger partial charge in [-0.2, -0.15) is 13.2 Å². The quantitative estimate of drug-likeness (QED) is 0.687. The SMILES string of the molecule is O=C(CCC(=O)N1CCOc2ccccc21)NCc1ccc(COCC(F)(F)F)cc1. The molecule has 0 saturated heterocycles. The second-order valence-electron chi connectivity index (χ2n) is 7.06. The Morgan fingerprint density at radius 1 is 1.03 bits per heavy atom. The molecule has 6 nitrogen and oxygen atoms in total. The molecule has 0 unspecified atom stereocenters. The van der Waals surface area contributed by atoms with E-state index in [9.17, 15) is 22.8 Å². The van der Waals surface area contributed by atoms with Gasteiger partial charge in [0.2, 0.25) is 11.8 Å². The van der Waals surface area contributed by atoms with Gasteiger partial charge in [-0.15, -0.1) is 0 Å². The van der Waals surface area contributed by atoms with Crippen molar-refractivity contribution in [3.63, 3.8) is 0 Å². The van der Waals surface area contributed by atoms with Crippen LogP contribution in [0.5, 0.6) is 5.75 Å². The molecule has 1 N–H and O–H groups in total. The van der Waals surface area contributed by atoms with Gasteiger partial charge < -0.3 is 19.7 Å². The van der Waals surface area contributed by atoms with Crippen molar-refractivity contribution < 1.29 is 32.2 Å². The van der Waals surface area contributed by atoms with Crippen LogP contribution in [0.3, 0.4) is 0 Å². The molecule has 31 heavy (non-hydrogen) atoms. The van der Waals surface area contributed by atoms with Crippen LogP contribution < -0.4 is 15.0 Å². The van der Waals surface area contributed by atoms with Crippen molar-refractivity contribution in [1.82, 2.24) is 5.32 Å². The lowest BCUT2D eigenvalue weighted by molar-refractivity contribution is -0.176. The fourth-order valence-corrected chi connectivity index (χ4v) is 3.11. The lowest BCUT2D eigenvalue weighted by atomic mass is 10.1. The number of nitrogens with one attached hydrogen (secondary N) is 1. The molecule has 0 fully saturated rings. The number of hydrogen-bond donors (Lipinski definition) is 1. The van der Waals surface area contributed by atoms with Crippen LogP contribution in [0.25, 0.3) is 0 Å². The normalized spacial score (nSPS) is 13.3. The Labute approximate surface area is 177 Å². The number of anilines is 1. The minimum absolute atomic E-state index is 0.0573. The molecular weight excluding hydrogens is 413 g/mol. The highest BCUT2D eigenvalue weighted by Crippen LogP contribution is 2.31. The van der Waals surface area contributed by atoms with Crippen LogP contribution in [-0.4, -0.2) is 37.7 Å². The Balaban J connectivity index is 1.40. The fourth-order valence-electron chi connectivity index (χ4n) is 3.11. The number of fused-ring (bicyclic) bond motifs is 1. The molecule has 0 saturated carbocycles. The molecule has 2 amide bonds. The molecule has 0 aliphatic carbocycles. The zero-order valence-electron chi connectivity index (χ0n) is 16.8. The predicted octanol–water partition coefficient (Wildman–Crippen LogP) is 3.59. The molecule has 2 aromatic carbocycles. The van der Waals surface area contributed by atoms with Crippen molar-refractivity contribution >= 4 is 17.5 Å². The lowest BCUT2D eigenvalue weighted by Gasteiger charge is -2.29. The molecule has 9 heteroatoms. The highest BCUT2D eigenvalue weighted by molar-refractivity contribution is 5.97. The Morgan fingerprint density at radius 3 is 2.48 bits per heavy atom. The van der Waals surface area contributed by atoms with Crippen LogP contribution in [0, 0.1) is 0 Å². The number of carbonyl (C=O) groups is 2. The Bertz CT molecular complexity index is 900. The summed E-state index contributed by atoms with van der Waals surface area (Å²) in [4.78, 5) is 26.3. The van der Waals surface area contributed by atoms with Crippen LogP contribution in [-0.2, 0) is 27.5 Å². The number of ether oxygens (including phenoxy) is 2. The fraction of sp³-hybridized carbons (Fsp3) is 0.364. The molecule has 1 heterocycles. The van der Waals surface area contributed by atoms with E-state index in [0.29, 0.717) is 30.2 Å². The smallest absolute Gasteiger partial charge is 0.411 e. The van der Waals surface area contributed by atoms with Crippen LogP contribution in [0.2, 0.25) is 0 Å². The van der Waals surface area contributed by atoms with E-state index in [2.05, 4.69) is 10.1 Å². The van der Waals surface area contributed by atoms with Crippen LogP contribution in [0.4, 0.5) is 18.9 Å². The molecule has 0 atom stereocenters. The summed E-state index contributed by atoms with van der Waals surface area (Å²) in [5.74, 6) is 0.250. The van der Waals surface area contributed by atoms with Crippen molar-refractivity contribution in [2.75, 3.05) is 24.7 Å². The third-order valence-corrected chi connectivity index (χ3v) is 4.64. The molecular formula is C22H23F3N2O4. The monoisotopic (exact) mass is 436 g/mol. The van der Waals surface area contributed by atoms with E-state index in [1.807, 2.05) is 18.2 Å². The zero-order valence-corrected chi connectivity index (χ0v) is 16.8. The average molecular weight is 436 g/mol. The number of rotatable bonds is 8. The van der Waals surface area contributed by atoms with E-state index in [4.69, 9.17) is 4.74 Å². The summed E-state index contributed by atoms with van der Waals surface area (Å²) in [5, 5.41) is 2.74. The van der Waals surface area contributed by atoms with Gasteiger partial charge in [-0.1, -0.05) is 36.4 Å². The highest BCUT2D eigenvalue weighted by atomic mass is 19.4. The molecule has 0 aromatic heterocycles. The van der Waals surface area contributed by atoms with Crippen LogP contribution >= 0.6 is 0 Å². The summed E-state index contributed by atoms with van der Waals surface area (Å²) in [6, 6.07) is 14.0. The number of amides is 2. The van der Waals surface area contributed by atoms with Gasteiger partial charge in [0.1, 0.15) is 19.0 Å². The minimum atomic E-state index is -4.35. The van der Waals surface area contributed by atoms with E-state index in [0.717, 1.165) is 5.56 Å². The number of alkyl halides is 3. The van der Waals surface area contributed by atoms with Gasteiger partial charge >= 0.3 is 6.18 Å². The molecule has 0 bridgehead atoms. The van der Waals surface area contributed by atoms with E-state index in [1.54, 1.807) is 35.2 Å². The van der Waals surface area contributed by atoms with E-state index >= 15 is 0 Å². The second kappa shape index (κ2) is 10.3. The van der Waals surface area contributed by atoms with Gasteiger partial charge in [0.05, 0.1) is 18.8 Å². The summed E-state index contributed by atoms with van der Waals surface area (Å²) < 4.78 is 46.4. The zero-order chi connectivity index (χ0) is 22.3. The van der Waals surface area contributed by atoms with Crippen molar-refractivity contribution in [3.05, 3.63) is 59.7 Å². The van der Waals surface area contributed by atoms with Crippen molar-refractivity contribution in [2.45, 2.75) is 32.2 Å². The second-order valence-corrected chi connectivity index (χ2v) is 7.06. The van der Waals surface area contributed by atoms with Gasteiger partial charge in [-0.05, 0) is 23.3 Å². The minimum Gasteiger partial charge on any atom is -0.490 e. The molecule has 166 valence electrons. The van der Waals surface area contributed by atoms with Gasteiger partial charge in [-0.25, -0.2) is 0 Å². The summed E-state index contributed by atoms with van der Waals surface area (Å²) in [7, 11) is 0. The molecule has 2 aromatic rings. The summed E-state index contributed by atoms with van der Waals surface area (Å²) >= 11 is 0. The maximum atomic E-state index is 12.5. The molecule has 3 rings (SSSR count). The Hall–Kier alpha value is -3.07. The van der Waals surface area contributed by atoms with Crippen molar-refractivity contribution in [1.29, 1.82) is 0 Å². The van der Waals surface area contributed by atoms with Gasteiger partial charge in [0, 0.05) is 19.4 Å². The predicted molar refractivity (Wildman–Crippen MR) is 108 cm³/mol. The van der Waals surface area contributed by atoms with Gasteiger partial charge in [0.15, 0.2) is 0 Å². The van der Waals surface area contributed by atoms with Crippen molar-refractivity contribution in [2.24, 2.45) is 0 Å². The standard InChI is InChI=1S/C22H23F3N2O4/c23-22(24,25)15-30-14-17-7-5-16(6-8-17)13-26-20(28)9-10-21(29)27-11-12-31-19-4-2-1-3-18(19)27/h1-8H,9-15H2,(H,26,28). The number of hydrogen-bond acceptors (Lipinski definition) is 4. The van der Waals surface area contributed by atoms with Gasteiger partial charge in [-0.3, -0.25) is 9.59 Å². The maximum Gasteiger partial charge on any atom is 0.411 e. The molecule has 0 radical (unpaired) electrons.